The first-order chi connectivity index (χ1) is 7.79. The molecule has 0 fully saturated rings. The number of fused-ring (bicyclic) bond motifs is 3. The zero-order chi connectivity index (χ0) is 11.1. The van der Waals surface area contributed by atoms with E-state index in [1.54, 1.807) is 0 Å². The molecule has 0 aliphatic carbocycles. The molecule has 0 spiro atoms. The Hall–Kier alpha value is -1.04. The molecule has 1 N–H and O–H groups in total. The maximum absolute atomic E-state index is 11.8. The number of hydrogen-bond acceptors (Lipinski definition) is 2. The van der Waals surface area contributed by atoms with Gasteiger partial charge in [-0.25, -0.2) is 4.79 Å². The van der Waals surface area contributed by atoms with Gasteiger partial charge in [0.1, 0.15) is 11.8 Å². The summed E-state index contributed by atoms with van der Waals surface area (Å²) in [5.74, 6) is -0.223. The molecule has 0 amide bonds. The van der Waals surface area contributed by atoms with Crippen LogP contribution < -0.4 is 0 Å². The van der Waals surface area contributed by atoms with Crippen LogP contribution in [0.15, 0.2) is 24.3 Å². The van der Waals surface area contributed by atoms with E-state index in [1.807, 2.05) is 24.3 Å². The van der Waals surface area contributed by atoms with Crippen LogP contribution >= 0.6 is 22.6 Å². The van der Waals surface area contributed by atoms with E-state index >= 15 is 0 Å². The van der Waals surface area contributed by atoms with Gasteiger partial charge in [0.15, 0.2) is 0 Å². The van der Waals surface area contributed by atoms with Crippen LogP contribution in [0.25, 0.3) is 10.9 Å². The number of rotatable bonds is 1. The molecule has 1 aromatic carbocycles. The number of benzene rings is 1. The maximum atomic E-state index is 11.8. The number of H-pyrrole nitrogens is 1. The van der Waals surface area contributed by atoms with Crippen molar-refractivity contribution in [2.24, 2.45) is 0 Å². The van der Waals surface area contributed by atoms with Crippen molar-refractivity contribution in [2.75, 3.05) is 4.43 Å². The molecular weight excluding hydrogens is 317 g/mol. The van der Waals surface area contributed by atoms with Gasteiger partial charge in [-0.3, -0.25) is 0 Å². The Morgan fingerprint density at radius 2 is 2.25 bits per heavy atom. The summed E-state index contributed by atoms with van der Waals surface area (Å²) in [7, 11) is 0. The second-order valence-corrected chi connectivity index (χ2v) is 4.79. The van der Waals surface area contributed by atoms with Gasteiger partial charge in [0.05, 0.1) is 0 Å². The van der Waals surface area contributed by atoms with Gasteiger partial charge in [0.2, 0.25) is 0 Å². The first-order valence-corrected chi connectivity index (χ1v) is 6.68. The zero-order valence-corrected chi connectivity index (χ0v) is 10.7. The third-order valence-electron chi connectivity index (χ3n) is 2.90. The number of aromatic amines is 1. The lowest BCUT2D eigenvalue weighted by molar-refractivity contribution is 0.0312. The molecule has 1 aliphatic rings. The van der Waals surface area contributed by atoms with Gasteiger partial charge in [0, 0.05) is 21.8 Å². The van der Waals surface area contributed by atoms with Gasteiger partial charge in [-0.05, 0) is 11.6 Å². The van der Waals surface area contributed by atoms with Gasteiger partial charge in [0.25, 0.3) is 0 Å². The molecule has 0 bridgehead atoms. The normalized spacial score (nSPS) is 19.6. The van der Waals surface area contributed by atoms with Crippen molar-refractivity contribution in [2.45, 2.75) is 12.5 Å². The van der Waals surface area contributed by atoms with Gasteiger partial charge < -0.3 is 9.72 Å². The SMILES string of the molecule is O=C1OC(CI)Cc2c1[nH]c1ccccc21. The van der Waals surface area contributed by atoms with E-state index in [-0.39, 0.29) is 12.1 Å². The Bertz CT molecular complexity index is 561. The molecule has 0 saturated carbocycles. The molecule has 4 heteroatoms. The first-order valence-electron chi connectivity index (χ1n) is 5.16. The lowest BCUT2D eigenvalue weighted by Crippen LogP contribution is -2.28. The smallest absolute Gasteiger partial charge is 0.355 e. The van der Waals surface area contributed by atoms with Crippen molar-refractivity contribution in [3.63, 3.8) is 0 Å². The quantitative estimate of drug-likeness (QED) is 0.497. The highest BCUT2D eigenvalue weighted by atomic mass is 127. The van der Waals surface area contributed by atoms with E-state index in [0.29, 0.717) is 5.69 Å². The van der Waals surface area contributed by atoms with Gasteiger partial charge in [-0.15, -0.1) is 0 Å². The second-order valence-electron chi connectivity index (χ2n) is 3.91. The zero-order valence-electron chi connectivity index (χ0n) is 8.50. The second kappa shape index (κ2) is 3.76. The van der Waals surface area contributed by atoms with Crippen LogP contribution in [-0.4, -0.2) is 21.5 Å². The van der Waals surface area contributed by atoms with Gasteiger partial charge in [-0.2, -0.15) is 0 Å². The van der Waals surface area contributed by atoms with E-state index < -0.39 is 0 Å². The number of nitrogens with one attached hydrogen (secondary N) is 1. The summed E-state index contributed by atoms with van der Waals surface area (Å²) in [5, 5.41) is 1.14. The summed E-state index contributed by atoms with van der Waals surface area (Å²) in [5.41, 5.74) is 2.74. The monoisotopic (exact) mass is 327 g/mol. The first kappa shape index (κ1) is 10.1. The van der Waals surface area contributed by atoms with E-state index in [2.05, 4.69) is 27.6 Å². The highest BCUT2D eigenvalue weighted by Gasteiger charge is 2.28. The van der Waals surface area contributed by atoms with Crippen molar-refractivity contribution in [1.29, 1.82) is 0 Å². The number of halogens is 1. The number of cyclic esters (lactones) is 1. The fourth-order valence-corrected chi connectivity index (χ4v) is 2.64. The number of aromatic nitrogens is 1. The Morgan fingerprint density at radius 1 is 1.44 bits per heavy atom. The minimum absolute atomic E-state index is 0.0137. The van der Waals surface area contributed by atoms with Crippen molar-refractivity contribution >= 4 is 39.5 Å². The molecule has 82 valence electrons. The lowest BCUT2D eigenvalue weighted by atomic mass is 10.0. The van der Waals surface area contributed by atoms with Crippen molar-refractivity contribution in [1.82, 2.24) is 4.98 Å². The van der Waals surface area contributed by atoms with Crippen LogP contribution in [0.2, 0.25) is 0 Å². The van der Waals surface area contributed by atoms with Crippen LogP contribution in [0, 0.1) is 0 Å². The highest BCUT2D eigenvalue weighted by Crippen LogP contribution is 2.28. The Labute approximate surface area is 106 Å². The fraction of sp³-hybridized carbons (Fsp3) is 0.250. The third kappa shape index (κ3) is 1.43. The average molecular weight is 327 g/mol. The van der Waals surface area contributed by atoms with Crippen LogP contribution in [-0.2, 0) is 11.2 Å². The molecule has 16 heavy (non-hydrogen) atoms. The summed E-state index contributed by atoms with van der Waals surface area (Å²) >= 11 is 2.25. The van der Waals surface area contributed by atoms with Crippen LogP contribution in [0.1, 0.15) is 16.1 Å². The molecule has 0 radical (unpaired) electrons. The molecule has 3 nitrogen and oxygen atoms in total. The summed E-state index contributed by atoms with van der Waals surface area (Å²) in [6.07, 6.45) is 0.827. The fourth-order valence-electron chi connectivity index (χ4n) is 2.15. The standard InChI is InChI=1S/C12H10INO2/c13-6-7-5-9-8-3-1-2-4-10(8)14-11(9)12(15)16-7/h1-4,7,14H,5-6H2. The number of hydrogen-bond donors (Lipinski definition) is 1. The summed E-state index contributed by atoms with van der Waals surface area (Å²) < 4.78 is 6.15. The van der Waals surface area contributed by atoms with Gasteiger partial charge in [-0.1, -0.05) is 40.8 Å². The largest absolute Gasteiger partial charge is 0.457 e. The summed E-state index contributed by atoms with van der Waals surface area (Å²) in [6, 6.07) is 7.99. The van der Waals surface area contributed by atoms with Gasteiger partial charge >= 0.3 is 5.97 Å². The predicted octanol–water partition coefficient (Wildman–Crippen LogP) is 2.68. The highest BCUT2D eigenvalue weighted by molar-refractivity contribution is 14.1. The number of ether oxygens (including phenoxy) is 1. The van der Waals surface area contributed by atoms with Crippen molar-refractivity contribution in [3.8, 4) is 0 Å². The number of carbonyl (C=O) groups is 1. The minimum Gasteiger partial charge on any atom is -0.457 e. The van der Waals surface area contributed by atoms with E-state index in [4.69, 9.17) is 4.74 Å². The van der Waals surface area contributed by atoms with Crippen molar-refractivity contribution in [3.05, 3.63) is 35.5 Å². The molecule has 2 heterocycles. The van der Waals surface area contributed by atoms with Crippen LogP contribution in [0.3, 0.4) is 0 Å². The molecule has 1 atom stereocenters. The molecule has 1 aromatic heterocycles. The molecule has 1 aliphatic heterocycles. The number of alkyl halides is 1. The maximum Gasteiger partial charge on any atom is 0.355 e. The average Bonchev–Trinajstić information content (AvgIpc) is 2.68. The molecular formula is C12H10INO2. The molecule has 0 saturated heterocycles. The molecule has 1 unspecified atom stereocenters. The number of para-hydroxylation sites is 1. The Balaban J connectivity index is 2.22. The van der Waals surface area contributed by atoms with E-state index in [1.165, 1.54) is 0 Å². The van der Waals surface area contributed by atoms with Crippen LogP contribution in [0.5, 0.6) is 0 Å². The summed E-state index contributed by atoms with van der Waals surface area (Å²) in [6.45, 7) is 0. The minimum atomic E-state index is -0.223. The van der Waals surface area contributed by atoms with Crippen LogP contribution in [0.4, 0.5) is 0 Å². The predicted molar refractivity (Wildman–Crippen MR) is 70.1 cm³/mol. The third-order valence-corrected chi connectivity index (χ3v) is 3.88. The molecule has 2 aromatic rings. The van der Waals surface area contributed by atoms with E-state index in [0.717, 1.165) is 27.3 Å². The Kier molecular flexibility index (Phi) is 2.38. The van der Waals surface area contributed by atoms with E-state index in [9.17, 15) is 4.79 Å². The Morgan fingerprint density at radius 3 is 3.06 bits per heavy atom. The molecule has 3 rings (SSSR count). The number of carbonyl (C=O) groups excluding carboxylic acids is 1. The number of esters is 1. The topological polar surface area (TPSA) is 42.1 Å². The van der Waals surface area contributed by atoms with Crippen molar-refractivity contribution < 1.29 is 9.53 Å². The lowest BCUT2D eigenvalue weighted by Gasteiger charge is -2.20. The summed E-state index contributed by atoms with van der Waals surface area (Å²) in [4.78, 5) is 14.9.